The summed E-state index contributed by atoms with van der Waals surface area (Å²) in [5.41, 5.74) is 0.677. The molecule has 0 aromatic rings. The van der Waals surface area contributed by atoms with Gasteiger partial charge in [0, 0.05) is 13.2 Å². The minimum atomic E-state index is 0.664. The Labute approximate surface area is 61.9 Å². The maximum absolute atomic E-state index is 5.14. The molecule has 1 aliphatic carbocycles. The molecule has 1 heterocycles. The first-order chi connectivity index (χ1) is 4.87. The Morgan fingerprint density at radius 3 is 2.90 bits per heavy atom. The zero-order valence-electron chi connectivity index (χ0n) is 6.52. The van der Waals surface area contributed by atoms with Gasteiger partial charge in [0.05, 0.1) is 6.61 Å². The Balaban J connectivity index is 1.94. The van der Waals surface area contributed by atoms with Crippen molar-refractivity contribution in [2.45, 2.75) is 25.3 Å². The summed E-state index contributed by atoms with van der Waals surface area (Å²) in [6.07, 6.45) is 4.23. The van der Waals surface area contributed by atoms with Crippen molar-refractivity contribution in [1.29, 1.82) is 0 Å². The van der Waals surface area contributed by atoms with Crippen LogP contribution in [-0.2, 0) is 4.74 Å². The smallest absolute Gasteiger partial charge is 0.0621 e. The molecule has 2 aliphatic rings. The van der Waals surface area contributed by atoms with Gasteiger partial charge in [-0.1, -0.05) is 0 Å². The van der Waals surface area contributed by atoms with Gasteiger partial charge in [0.25, 0.3) is 0 Å². The van der Waals surface area contributed by atoms with Crippen LogP contribution in [0.1, 0.15) is 19.3 Å². The van der Waals surface area contributed by atoms with Crippen LogP contribution < -0.4 is 5.32 Å². The Hall–Kier alpha value is -0.0800. The van der Waals surface area contributed by atoms with Gasteiger partial charge >= 0.3 is 0 Å². The van der Waals surface area contributed by atoms with Crippen molar-refractivity contribution in [2.24, 2.45) is 5.41 Å². The molecule has 2 rings (SSSR count). The summed E-state index contributed by atoms with van der Waals surface area (Å²) in [5, 5.41) is 3.49. The minimum absolute atomic E-state index is 0.664. The average Bonchev–Trinajstić information content (AvgIpc) is 2.57. The minimum Gasteiger partial charge on any atom is -0.383 e. The van der Waals surface area contributed by atoms with Gasteiger partial charge in [-0.3, -0.25) is 0 Å². The van der Waals surface area contributed by atoms with E-state index in [4.69, 9.17) is 4.74 Å². The van der Waals surface area contributed by atoms with Gasteiger partial charge in [0.1, 0.15) is 0 Å². The van der Waals surface area contributed by atoms with E-state index in [0.29, 0.717) is 11.5 Å². The molecule has 2 nitrogen and oxygen atoms in total. The number of nitrogens with one attached hydrogen (secondary N) is 1. The lowest BCUT2D eigenvalue weighted by atomic mass is 9.98. The zero-order chi connectivity index (χ0) is 7.03. The quantitative estimate of drug-likeness (QED) is 0.613. The van der Waals surface area contributed by atoms with Gasteiger partial charge in [-0.25, -0.2) is 0 Å². The van der Waals surface area contributed by atoms with E-state index < -0.39 is 0 Å². The van der Waals surface area contributed by atoms with Crippen molar-refractivity contribution in [1.82, 2.24) is 5.32 Å². The van der Waals surface area contributed by atoms with E-state index in [-0.39, 0.29) is 0 Å². The average molecular weight is 141 g/mol. The lowest BCUT2D eigenvalue weighted by Gasteiger charge is -2.16. The van der Waals surface area contributed by atoms with Gasteiger partial charge in [0.2, 0.25) is 0 Å². The molecule has 0 radical (unpaired) electrons. The van der Waals surface area contributed by atoms with E-state index in [1.165, 1.54) is 25.8 Å². The van der Waals surface area contributed by atoms with Crippen molar-refractivity contribution < 1.29 is 4.74 Å². The predicted molar refractivity (Wildman–Crippen MR) is 40.0 cm³/mol. The van der Waals surface area contributed by atoms with Crippen molar-refractivity contribution in [2.75, 3.05) is 20.3 Å². The molecule has 1 saturated carbocycles. The molecule has 1 N–H and O–H groups in total. The fraction of sp³-hybridized carbons (Fsp3) is 1.00. The molecule has 1 saturated heterocycles. The molecule has 1 unspecified atom stereocenters. The summed E-state index contributed by atoms with van der Waals surface area (Å²) < 4.78 is 5.14. The van der Waals surface area contributed by atoms with E-state index in [1.54, 1.807) is 7.11 Å². The van der Waals surface area contributed by atoms with Crippen LogP contribution in [0.15, 0.2) is 0 Å². The van der Waals surface area contributed by atoms with Crippen LogP contribution in [0.3, 0.4) is 0 Å². The molecule has 10 heavy (non-hydrogen) atoms. The van der Waals surface area contributed by atoms with Crippen LogP contribution >= 0.6 is 0 Å². The van der Waals surface area contributed by atoms with Gasteiger partial charge < -0.3 is 10.1 Å². The van der Waals surface area contributed by atoms with E-state index in [1.807, 2.05) is 0 Å². The summed E-state index contributed by atoms with van der Waals surface area (Å²) in [6, 6.07) is 0.664. The van der Waals surface area contributed by atoms with Crippen LogP contribution in [0.5, 0.6) is 0 Å². The summed E-state index contributed by atoms with van der Waals surface area (Å²) in [4.78, 5) is 0. The maximum Gasteiger partial charge on any atom is 0.0621 e. The van der Waals surface area contributed by atoms with Crippen molar-refractivity contribution in [3.63, 3.8) is 0 Å². The van der Waals surface area contributed by atoms with Gasteiger partial charge in [-0.05, 0) is 31.2 Å². The molecule has 58 valence electrons. The lowest BCUT2D eigenvalue weighted by molar-refractivity contribution is 0.152. The molecular weight excluding hydrogens is 126 g/mol. The lowest BCUT2D eigenvalue weighted by Crippen LogP contribution is -2.32. The molecule has 1 atom stereocenters. The Bertz CT molecular complexity index is 131. The number of methoxy groups -OCH3 is 1. The Morgan fingerprint density at radius 2 is 2.30 bits per heavy atom. The highest BCUT2D eigenvalue weighted by Gasteiger charge is 2.51. The standard InChI is InChI=1S/C8H15NO/c1-10-6-7-8(2-3-8)4-5-9-7/h7,9H,2-6H2,1H3. The Morgan fingerprint density at radius 1 is 1.50 bits per heavy atom. The summed E-state index contributed by atoms with van der Waals surface area (Å²) in [6.45, 7) is 2.11. The number of rotatable bonds is 2. The van der Waals surface area contributed by atoms with Crippen molar-refractivity contribution >= 4 is 0 Å². The van der Waals surface area contributed by atoms with Crippen molar-refractivity contribution in [3.05, 3.63) is 0 Å². The molecule has 2 fully saturated rings. The van der Waals surface area contributed by atoms with Crippen LogP contribution in [0.25, 0.3) is 0 Å². The van der Waals surface area contributed by atoms with Crippen LogP contribution in [0.2, 0.25) is 0 Å². The molecule has 0 aromatic carbocycles. The van der Waals surface area contributed by atoms with Gasteiger partial charge in [-0.2, -0.15) is 0 Å². The normalized spacial score (nSPS) is 35.1. The molecule has 1 aliphatic heterocycles. The predicted octanol–water partition coefficient (Wildman–Crippen LogP) is 0.775. The second-order valence-electron chi connectivity index (χ2n) is 3.57. The first-order valence-electron chi connectivity index (χ1n) is 4.10. The second-order valence-corrected chi connectivity index (χ2v) is 3.57. The summed E-state index contributed by atoms with van der Waals surface area (Å²) >= 11 is 0. The number of ether oxygens (including phenoxy) is 1. The first-order valence-corrected chi connectivity index (χ1v) is 4.10. The van der Waals surface area contributed by atoms with Gasteiger partial charge in [0.15, 0.2) is 0 Å². The third-order valence-electron chi connectivity index (χ3n) is 2.98. The zero-order valence-corrected chi connectivity index (χ0v) is 6.52. The van der Waals surface area contributed by atoms with Crippen LogP contribution in [0.4, 0.5) is 0 Å². The second kappa shape index (κ2) is 2.21. The number of hydrogen-bond acceptors (Lipinski definition) is 2. The highest BCUT2D eigenvalue weighted by molar-refractivity contribution is 5.06. The van der Waals surface area contributed by atoms with E-state index in [2.05, 4.69) is 5.32 Å². The van der Waals surface area contributed by atoms with Crippen LogP contribution in [-0.4, -0.2) is 26.3 Å². The molecule has 0 amide bonds. The molecule has 0 aromatic heterocycles. The summed E-state index contributed by atoms with van der Waals surface area (Å²) in [5.74, 6) is 0. The molecule has 0 bridgehead atoms. The van der Waals surface area contributed by atoms with Gasteiger partial charge in [-0.15, -0.1) is 0 Å². The monoisotopic (exact) mass is 141 g/mol. The third-order valence-corrected chi connectivity index (χ3v) is 2.98. The highest BCUT2D eigenvalue weighted by atomic mass is 16.5. The first kappa shape index (κ1) is 6.62. The van der Waals surface area contributed by atoms with E-state index >= 15 is 0 Å². The van der Waals surface area contributed by atoms with Crippen LogP contribution in [0, 0.1) is 5.41 Å². The third kappa shape index (κ3) is 0.867. The fourth-order valence-corrected chi connectivity index (χ4v) is 2.05. The topological polar surface area (TPSA) is 21.3 Å². The molecule has 1 spiro atoms. The van der Waals surface area contributed by atoms with E-state index in [9.17, 15) is 0 Å². The molecular formula is C8H15NO. The summed E-state index contributed by atoms with van der Waals surface area (Å²) in [7, 11) is 1.79. The molecule has 2 heteroatoms. The largest absolute Gasteiger partial charge is 0.383 e. The SMILES string of the molecule is COCC1NCCC12CC2. The fourth-order valence-electron chi connectivity index (χ4n) is 2.05. The maximum atomic E-state index is 5.14. The highest BCUT2D eigenvalue weighted by Crippen LogP contribution is 2.53. The number of hydrogen-bond donors (Lipinski definition) is 1. The van der Waals surface area contributed by atoms with Crippen molar-refractivity contribution in [3.8, 4) is 0 Å². The van der Waals surface area contributed by atoms with E-state index in [0.717, 1.165) is 6.61 Å². The Kier molecular flexibility index (Phi) is 1.46.